The van der Waals surface area contributed by atoms with Crippen LogP contribution in [0.3, 0.4) is 0 Å². The molecule has 1 amide bonds. The van der Waals surface area contributed by atoms with Crippen molar-refractivity contribution in [1.29, 1.82) is 0 Å². The maximum atomic E-state index is 12.9. The molecule has 1 aromatic carbocycles. The zero-order valence-corrected chi connectivity index (χ0v) is 12.6. The molecule has 5 nitrogen and oxygen atoms in total. The second-order valence-electron chi connectivity index (χ2n) is 5.05. The van der Waals surface area contributed by atoms with Crippen LogP contribution in [0.15, 0.2) is 18.2 Å². The van der Waals surface area contributed by atoms with Crippen molar-refractivity contribution >= 4 is 28.1 Å². The van der Waals surface area contributed by atoms with E-state index in [1.807, 2.05) is 0 Å². The number of nitrogens with two attached hydrogens (primary N) is 1. The Balaban J connectivity index is 1.93. The lowest BCUT2D eigenvalue weighted by atomic mass is 10.2. The van der Waals surface area contributed by atoms with E-state index >= 15 is 0 Å². The van der Waals surface area contributed by atoms with Crippen LogP contribution < -0.4 is 11.1 Å². The van der Waals surface area contributed by atoms with Crippen LogP contribution in [-0.4, -0.2) is 33.8 Å². The fourth-order valence-corrected chi connectivity index (χ4v) is 3.32. The van der Waals surface area contributed by atoms with E-state index in [1.165, 1.54) is 12.1 Å². The van der Waals surface area contributed by atoms with E-state index in [4.69, 9.17) is 10.5 Å². The van der Waals surface area contributed by atoms with Gasteiger partial charge in [0.15, 0.2) is 0 Å². The van der Waals surface area contributed by atoms with Gasteiger partial charge in [-0.15, -0.1) is 0 Å². The van der Waals surface area contributed by atoms with Gasteiger partial charge in [-0.05, 0) is 38.0 Å². The third-order valence-corrected chi connectivity index (χ3v) is 5.11. The first-order valence-corrected chi connectivity index (χ1v) is 8.20. The van der Waals surface area contributed by atoms with E-state index in [0.29, 0.717) is 18.0 Å². The Labute approximate surface area is 125 Å². The minimum Gasteiger partial charge on any atom is -0.397 e. The van der Waals surface area contributed by atoms with Crippen molar-refractivity contribution in [3.05, 3.63) is 24.0 Å². The summed E-state index contributed by atoms with van der Waals surface area (Å²) in [5.74, 6) is -0.516. The van der Waals surface area contributed by atoms with Crippen LogP contribution in [0.2, 0.25) is 0 Å². The smallest absolute Gasteiger partial charge is 0.239 e. The highest BCUT2D eigenvalue weighted by Crippen LogP contribution is 2.20. The van der Waals surface area contributed by atoms with Crippen molar-refractivity contribution in [3.63, 3.8) is 0 Å². The van der Waals surface area contributed by atoms with Crippen molar-refractivity contribution in [2.75, 3.05) is 23.4 Å². The summed E-state index contributed by atoms with van der Waals surface area (Å²) in [5.41, 5.74) is 6.09. The normalized spacial score (nSPS) is 21.0. The van der Waals surface area contributed by atoms with Crippen molar-refractivity contribution < 1.29 is 18.1 Å². The largest absolute Gasteiger partial charge is 0.397 e. The molecule has 0 bridgehead atoms. The molecule has 0 radical (unpaired) electrons. The predicted molar refractivity (Wildman–Crippen MR) is 80.9 cm³/mol. The Morgan fingerprint density at radius 3 is 3.00 bits per heavy atom. The first-order valence-electron chi connectivity index (χ1n) is 6.82. The molecule has 1 aromatic rings. The lowest BCUT2D eigenvalue weighted by molar-refractivity contribution is -0.115. The maximum Gasteiger partial charge on any atom is 0.239 e. The van der Waals surface area contributed by atoms with E-state index in [0.717, 1.165) is 18.9 Å². The standard InChI is InChI=1S/C14H19FN2O3S/c1-9(21(19)8-11-3-2-6-20-11)14(18)17-13-5-4-10(15)7-12(13)16/h4-5,7,9,11H,2-3,6,8,16H2,1H3,(H,17,18). The number of nitrogen functional groups attached to an aromatic ring is 1. The summed E-state index contributed by atoms with van der Waals surface area (Å²) in [6, 6.07) is 3.72. The van der Waals surface area contributed by atoms with Gasteiger partial charge >= 0.3 is 0 Å². The van der Waals surface area contributed by atoms with Gasteiger partial charge in [-0.1, -0.05) is 0 Å². The van der Waals surface area contributed by atoms with E-state index in [1.54, 1.807) is 6.92 Å². The number of hydrogen-bond donors (Lipinski definition) is 2. The topological polar surface area (TPSA) is 81.4 Å². The second kappa shape index (κ2) is 7.00. The molecule has 1 heterocycles. The Morgan fingerprint density at radius 2 is 2.38 bits per heavy atom. The third kappa shape index (κ3) is 4.25. The quantitative estimate of drug-likeness (QED) is 0.810. The molecule has 0 saturated carbocycles. The number of carbonyl (C=O) groups is 1. The van der Waals surface area contributed by atoms with Gasteiger partial charge in [0.05, 0.1) is 23.2 Å². The Hall–Kier alpha value is -1.47. The van der Waals surface area contributed by atoms with Crippen LogP contribution in [0.25, 0.3) is 0 Å². The van der Waals surface area contributed by atoms with E-state index in [2.05, 4.69) is 5.32 Å². The third-order valence-electron chi connectivity index (χ3n) is 3.41. The van der Waals surface area contributed by atoms with E-state index in [9.17, 15) is 13.4 Å². The molecule has 1 aliphatic rings. The summed E-state index contributed by atoms with van der Waals surface area (Å²) in [6.45, 7) is 2.29. The first kappa shape index (κ1) is 15.9. The highest BCUT2D eigenvalue weighted by Gasteiger charge is 2.25. The van der Waals surface area contributed by atoms with Crippen LogP contribution >= 0.6 is 0 Å². The van der Waals surface area contributed by atoms with Gasteiger partial charge in [-0.2, -0.15) is 0 Å². The number of benzene rings is 1. The van der Waals surface area contributed by atoms with Gasteiger partial charge in [-0.25, -0.2) is 4.39 Å². The number of anilines is 2. The molecule has 21 heavy (non-hydrogen) atoms. The zero-order valence-electron chi connectivity index (χ0n) is 11.8. The SMILES string of the molecule is CC(C(=O)Nc1ccc(F)cc1N)S(=O)CC1CCCO1. The molecule has 3 N–H and O–H groups in total. The summed E-state index contributed by atoms with van der Waals surface area (Å²) in [6.07, 6.45) is 1.82. The summed E-state index contributed by atoms with van der Waals surface area (Å²) in [4.78, 5) is 12.1. The van der Waals surface area contributed by atoms with Gasteiger partial charge in [0, 0.05) is 17.4 Å². The van der Waals surface area contributed by atoms with E-state index < -0.39 is 27.8 Å². The molecule has 0 aromatic heterocycles. The minimum atomic E-state index is -1.32. The van der Waals surface area contributed by atoms with Crippen molar-refractivity contribution in [2.24, 2.45) is 0 Å². The average Bonchev–Trinajstić information content (AvgIpc) is 2.93. The van der Waals surface area contributed by atoms with Crippen LogP contribution in [0.1, 0.15) is 19.8 Å². The monoisotopic (exact) mass is 314 g/mol. The van der Waals surface area contributed by atoms with Crippen LogP contribution in [-0.2, 0) is 20.3 Å². The number of amides is 1. The summed E-state index contributed by atoms with van der Waals surface area (Å²) < 4.78 is 30.5. The molecule has 3 atom stereocenters. The van der Waals surface area contributed by atoms with Crippen molar-refractivity contribution in [1.82, 2.24) is 0 Å². The molecular formula is C14H19FN2O3S. The number of halogens is 1. The van der Waals surface area contributed by atoms with Crippen LogP contribution in [0.4, 0.5) is 15.8 Å². The molecule has 3 unspecified atom stereocenters. The van der Waals surface area contributed by atoms with Crippen molar-refractivity contribution in [3.8, 4) is 0 Å². The molecule has 0 aliphatic carbocycles. The fourth-order valence-electron chi connectivity index (χ4n) is 2.10. The number of ether oxygens (including phenoxy) is 1. The lowest BCUT2D eigenvalue weighted by Crippen LogP contribution is -2.33. The Bertz CT molecular complexity index is 547. The molecule has 1 aliphatic heterocycles. The summed E-state index contributed by atoms with van der Waals surface area (Å²) >= 11 is 0. The molecule has 0 spiro atoms. The number of rotatable bonds is 5. The zero-order chi connectivity index (χ0) is 15.4. The van der Waals surface area contributed by atoms with Gasteiger partial charge in [0.25, 0.3) is 0 Å². The van der Waals surface area contributed by atoms with Crippen molar-refractivity contribution in [2.45, 2.75) is 31.1 Å². The summed E-state index contributed by atoms with van der Waals surface area (Å²) in [7, 11) is -1.32. The first-order chi connectivity index (χ1) is 9.97. The van der Waals surface area contributed by atoms with Gasteiger partial charge < -0.3 is 15.8 Å². The molecular weight excluding hydrogens is 295 g/mol. The fraction of sp³-hybridized carbons (Fsp3) is 0.500. The minimum absolute atomic E-state index is 0.0306. The molecule has 1 fully saturated rings. The highest BCUT2D eigenvalue weighted by molar-refractivity contribution is 7.86. The molecule has 7 heteroatoms. The molecule has 2 rings (SSSR count). The number of hydrogen-bond acceptors (Lipinski definition) is 4. The average molecular weight is 314 g/mol. The Kier molecular flexibility index (Phi) is 5.30. The number of nitrogens with one attached hydrogen (secondary N) is 1. The maximum absolute atomic E-state index is 12.9. The van der Waals surface area contributed by atoms with Crippen LogP contribution in [0, 0.1) is 5.82 Å². The van der Waals surface area contributed by atoms with E-state index in [-0.39, 0.29) is 11.8 Å². The summed E-state index contributed by atoms with van der Waals surface area (Å²) in [5, 5.41) is 1.90. The molecule has 116 valence electrons. The Morgan fingerprint density at radius 1 is 1.62 bits per heavy atom. The lowest BCUT2D eigenvalue weighted by Gasteiger charge is -2.15. The van der Waals surface area contributed by atoms with Gasteiger partial charge in [0.2, 0.25) is 5.91 Å². The highest BCUT2D eigenvalue weighted by atomic mass is 32.2. The molecule has 1 saturated heterocycles. The predicted octanol–water partition coefficient (Wildman–Crippen LogP) is 1.66. The number of carbonyl (C=O) groups excluding carboxylic acids is 1. The van der Waals surface area contributed by atoms with Gasteiger partial charge in [0.1, 0.15) is 11.1 Å². The van der Waals surface area contributed by atoms with Gasteiger partial charge in [-0.3, -0.25) is 9.00 Å². The van der Waals surface area contributed by atoms with Crippen LogP contribution in [0.5, 0.6) is 0 Å². The second-order valence-corrected chi connectivity index (χ2v) is 6.85.